The maximum atomic E-state index is 5.72. The van der Waals surface area contributed by atoms with E-state index in [0.717, 1.165) is 35.9 Å². The molecule has 0 spiro atoms. The molecule has 1 atom stereocenters. The Bertz CT molecular complexity index is 744. The second-order valence-corrected chi connectivity index (χ2v) is 7.70. The third kappa shape index (κ3) is 6.42. The van der Waals surface area contributed by atoms with Crippen molar-refractivity contribution in [2.75, 3.05) is 32.2 Å². The molecule has 28 heavy (non-hydrogen) atoms. The zero-order valence-electron chi connectivity index (χ0n) is 16.4. The normalized spacial score (nSPS) is 16.8. The van der Waals surface area contributed by atoms with Gasteiger partial charge < -0.3 is 19.6 Å². The van der Waals surface area contributed by atoms with Gasteiger partial charge in [-0.25, -0.2) is 4.98 Å². The number of benzene rings is 1. The van der Waals surface area contributed by atoms with E-state index in [9.17, 15) is 0 Å². The van der Waals surface area contributed by atoms with Crippen molar-refractivity contribution in [1.29, 1.82) is 0 Å². The zero-order chi connectivity index (χ0) is 19.6. The summed E-state index contributed by atoms with van der Waals surface area (Å²) < 4.78 is 11.1. The number of aromatic nitrogens is 1. The molecule has 0 saturated carbocycles. The van der Waals surface area contributed by atoms with Crippen molar-refractivity contribution in [2.24, 2.45) is 5.16 Å². The van der Waals surface area contributed by atoms with Gasteiger partial charge in [-0.2, -0.15) is 0 Å². The number of nitrogens with one attached hydrogen (secondary N) is 1. The second-order valence-electron chi connectivity index (χ2n) is 6.41. The van der Waals surface area contributed by atoms with Crippen LogP contribution in [0.3, 0.4) is 0 Å². The topological polar surface area (TPSA) is 65.0 Å². The monoisotopic (exact) mass is 401 g/mol. The Morgan fingerprint density at radius 2 is 2.04 bits per heavy atom. The second kappa shape index (κ2) is 10.9. The van der Waals surface area contributed by atoms with Gasteiger partial charge in [0.05, 0.1) is 12.3 Å². The van der Waals surface area contributed by atoms with Crippen LogP contribution in [0.4, 0.5) is 0 Å². The van der Waals surface area contributed by atoms with Crippen molar-refractivity contribution in [2.45, 2.75) is 25.5 Å². The van der Waals surface area contributed by atoms with Crippen LogP contribution in [0, 0.1) is 0 Å². The molecular formula is C21H27N3O3S. The highest BCUT2D eigenvalue weighted by molar-refractivity contribution is 8.00. The predicted octanol–water partition coefficient (Wildman–Crippen LogP) is 3.50. The number of oxime groups is 1. The van der Waals surface area contributed by atoms with Gasteiger partial charge in [0.15, 0.2) is 6.61 Å². The van der Waals surface area contributed by atoms with E-state index in [1.807, 2.05) is 49.9 Å². The van der Waals surface area contributed by atoms with E-state index in [4.69, 9.17) is 14.3 Å². The lowest BCUT2D eigenvalue weighted by Gasteiger charge is -2.09. The molecule has 2 aromatic rings. The maximum Gasteiger partial charge on any atom is 0.213 e. The third-order valence-electron chi connectivity index (χ3n) is 4.27. The molecule has 1 N–H and O–H groups in total. The van der Waals surface area contributed by atoms with Crippen LogP contribution in [0.25, 0.3) is 0 Å². The summed E-state index contributed by atoms with van der Waals surface area (Å²) in [6, 6.07) is 12.0. The fraction of sp³-hybridized carbons (Fsp3) is 0.429. The summed E-state index contributed by atoms with van der Waals surface area (Å²) in [4.78, 5) is 9.58. The summed E-state index contributed by atoms with van der Waals surface area (Å²) in [5.41, 5.74) is 3.00. The number of rotatable bonds is 10. The molecule has 3 rings (SSSR count). The molecule has 1 unspecified atom stereocenters. The summed E-state index contributed by atoms with van der Waals surface area (Å²) in [5, 5.41) is 8.17. The summed E-state index contributed by atoms with van der Waals surface area (Å²) in [5.74, 6) is 2.52. The Kier molecular flexibility index (Phi) is 7.99. The first-order valence-corrected chi connectivity index (χ1v) is 10.6. The number of nitrogens with zero attached hydrogens (tertiary/aromatic N) is 2. The van der Waals surface area contributed by atoms with Gasteiger partial charge in [0.1, 0.15) is 12.4 Å². The van der Waals surface area contributed by atoms with Crippen molar-refractivity contribution >= 4 is 17.5 Å². The van der Waals surface area contributed by atoms with E-state index in [2.05, 4.69) is 27.6 Å². The van der Waals surface area contributed by atoms with Crippen LogP contribution >= 0.6 is 11.8 Å². The van der Waals surface area contributed by atoms with Crippen LogP contribution in [0.15, 0.2) is 47.8 Å². The van der Waals surface area contributed by atoms with Gasteiger partial charge in [0.2, 0.25) is 5.88 Å². The van der Waals surface area contributed by atoms with Crippen LogP contribution < -0.4 is 14.8 Å². The summed E-state index contributed by atoms with van der Waals surface area (Å²) >= 11 is 1.98. The molecule has 7 heteroatoms. The summed E-state index contributed by atoms with van der Waals surface area (Å²) in [6.45, 7) is 6.33. The summed E-state index contributed by atoms with van der Waals surface area (Å²) in [6.07, 6.45) is 2.82. The Balaban J connectivity index is 1.37. The van der Waals surface area contributed by atoms with Crippen LogP contribution in [0.1, 0.15) is 25.0 Å². The molecule has 1 aromatic heterocycles. The summed E-state index contributed by atoms with van der Waals surface area (Å²) in [7, 11) is 0. The zero-order valence-corrected chi connectivity index (χ0v) is 17.2. The van der Waals surface area contributed by atoms with Gasteiger partial charge in [0.25, 0.3) is 0 Å². The molecule has 150 valence electrons. The average molecular weight is 402 g/mol. The molecule has 0 bridgehead atoms. The van der Waals surface area contributed by atoms with E-state index < -0.39 is 0 Å². The first-order valence-electron chi connectivity index (χ1n) is 9.54. The maximum absolute atomic E-state index is 5.72. The van der Waals surface area contributed by atoms with Crippen molar-refractivity contribution < 1.29 is 14.3 Å². The fourth-order valence-corrected chi connectivity index (χ4v) is 3.81. The first kappa shape index (κ1) is 20.5. The lowest BCUT2D eigenvalue weighted by molar-refractivity contribution is 0.107. The van der Waals surface area contributed by atoms with Gasteiger partial charge in [-0.05, 0) is 44.0 Å². The van der Waals surface area contributed by atoms with Crippen molar-refractivity contribution in [3.05, 3.63) is 53.7 Å². The van der Waals surface area contributed by atoms with E-state index in [1.165, 1.54) is 5.56 Å². The van der Waals surface area contributed by atoms with Gasteiger partial charge in [-0.1, -0.05) is 17.3 Å². The standard InChI is InChI=1S/C21H27N3O3S/c1-3-25-21-9-6-18(13-23-21)16(2)24-27-11-10-26-19-7-4-17(5-8-19)12-20-14-22-15-28-20/h4-9,13,20,22H,3,10-12,14-15H2,1-2H3. The SMILES string of the molecule is CCOc1ccc(C(C)=NOCCOc2ccc(CC3CNCS3)cc2)cn1. The first-order chi connectivity index (χ1) is 13.7. The predicted molar refractivity (Wildman–Crippen MR) is 113 cm³/mol. The van der Waals surface area contributed by atoms with Crippen LogP contribution in [0.2, 0.25) is 0 Å². The fourth-order valence-electron chi connectivity index (χ4n) is 2.79. The Hall–Kier alpha value is -2.25. The van der Waals surface area contributed by atoms with Gasteiger partial charge in [-0.15, -0.1) is 11.8 Å². The van der Waals surface area contributed by atoms with Crippen LogP contribution in [-0.4, -0.2) is 48.2 Å². The van der Waals surface area contributed by atoms with Crippen LogP contribution in [0.5, 0.6) is 11.6 Å². The number of thioether (sulfide) groups is 1. The largest absolute Gasteiger partial charge is 0.490 e. The van der Waals surface area contributed by atoms with Crippen molar-refractivity contribution in [1.82, 2.24) is 10.3 Å². The van der Waals surface area contributed by atoms with E-state index in [-0.39, 0.29) is 0 Å². The smallest absolute Gasteiger partial charge is 0.213 e. The highest BCUT2D eigenvalue weighted by Crippen LogP contribution is 2.21. The molecule has 0 amide bonds. The Morgan fingerprint density at radius 1 is 1.18 bits per heavy atom. The Labute approximate surface area is 170 Å². The van der Waals surface area contributed by atoms with Gasteiger partial charge in [0, 0.05) is 35.5 Å². The quantitative estimate of drug-likeness (QED) is 0.373. The number of pyridine rings is 1. The molecule has 6 nitrogen and oxygen atoms in total. The lowest BCUT2D eigenvalue weighted by Crippen LogP contribution is -2.14. The molecule has 2 heterocycles. The molecular weight excluding hydrogens is 374 g/mol. The third-order valence-corrected chi connectivity index (χ3v) is 5.45. The van der Waals surface area contributed by atoms with Crippen LogP contribution in [-0.2, 0) is 11.3 Å². The van der Waals surface area contributed by atoms with Gasteiger partial charge in [-0.3, -0.25) is 0 Å². The molecule has 1 aromatic carbocycles. The minimum absolute atomic E-state index is 0.383. The number of hydrogen-bond acceptors (Lipinski definition) is 7. The molecule has 1 aliphatic rings. The number of hydrogen-bond donors (Lipinski definition) is 1. The van der Waals surface area contributed by atoms with E-state index in [1.54, 1.807) is 6.20 Å². The highest BCUT2D eigenvalue weighted by Gasteiger charge is 2.15. The molecule has 0 radical (unpaired) electrons. The Morgan fingerprint density at radius 3 is 2.71 bits per heavy atom. The molecule has 1 aliphatic heterocycles. The van der Waals surface area contributed by atoms with Crippen molar-refractivity contribution in [3.8, 4) is 11.6 Å². The average Bonchev–Trinajstić information content (AvgIpc) is 3.23. The minimum Gasteiger partial charge on any atom is -0.490 e. The minimum atomic E-state index is 0.383. The number of ether oxygens (including phenoxy) is 2. The van der Waals surface area contributed by atoms with E-state index in [0.29, 0.717) is 31.0 Å². The highest BCUT2D eigenvalue weighted by atomic mass is 32.2. The molecule has 1 fully saturated rings. The molecule has 1 saturated heterocycles. The van der Waals surface area contributed by atoms with Gasteiger partial charge >= 0.3 is 0 Å². The molecule has 0 aliphatic carbocycles. The van der Waals surface area contributed by atoms with E-state index >= 15 is 0 Å². The lowest BCUT2D eigenvalue weighted by atomic mass is 10.1. The van der Waals surface area contributed by atoms with Crippen molar-refractivity contribution in [3.63, 3.8) is 0 Å².